The standard InChI is InChI=1S/C31H31N3O3/c1-3-30(35)37-28-11-7-10-27(19-28)34(31(36)24-8-5-4-6-9-24)21-22-12-14-23(15-13-22)25-16-17-29-26(18-25)20-32-33(29)2/h3,7,10-20,24H,1,4-6,8-9,21H2,2H3. The quantitative estimate of drug-likeness (QED) is 0.169. The van der Waals surface area contributed by atoms with Crippen LogP contribution in [0.2, 0.25) is 0 Å². The van der Waals surface area contributed by atoms with Crippen LogP contribution < -0.4 is 9.64 Å². The van der Waals surface area contributed by atoms with E-state index >= 15 is 0 Å². The fraction of sp³-hybridized carbons (Fsp3) is 0.258. The Kier molecular flexibility index (Phi) is 7.17. The lowest BCUT2D eigenvalue weighted by Gasteiger charge is -2.30. The summed E-state index contributed by atoms with van der Waals surface area (Å²) >= 11 is 0. The summed E-state index contributed by atoms with van der Waals surface area (Å²) in [6.07, 6.45) is 8.18. The molecule has 1 saturated carbocycles. The number of fused-ring (bicyclic) bond motifs is 1. The van der Waals surface area contributed by atoms with E-state index in [0.717, 1.165) is 65.0 Å². The maximum absolute atomic E-state index is 13.7. The molecule has 0 spiro atoms. The number of hydrogen-bond acceptors (Lipinski definition) is 4. The van der Waals surface area contributed by atoms with E-state index in [4.69, 9.17) is 4.74 Å². The molecule has 0 saturated heterocycles. The molecule has 3 aromatic carbocycles. The Labute approximate surface area is 217 Å². The van der Waals surface area contributed by atoms with Gasteiger partial charge in [0.2, 0.25) is 5.91 Å². The first-order chi connectivity index (χ1) is 18.0. The largest absolute Gasteiger partial charge is 0.423 e. The number of amides is 1. The monoisotopic (exact) mass is 493 g/mol. The molecule has 0 bridgehead atoms. The van der Waals surface area contributed by atoms with Gasteiger partial charge in [0, 0.05) is 36.2 Å². The van der Waals surface area contributed by atoms with Crippen molar-refractivity contribution in [1.29, 1.82) is 0 Å². The van der Waals surface area contributed by atoms with Crippen LogP contribution in [0.5, 0.6) is 5.75 Å². The van der Waals surface area contributed by atoms with Gasteiger partial charge < -0.3 is 9.64 Å². The first-order valence-corrected chi connectivity index (χ1v) is 12.8. The van der Waals surface area contributed by atoms with E-state index in [0.29, 0.717) is 12.3 Å². The van der Waals surface area contributed by atoms with Crippen LogP contribution in [-0.4, -0.2) is 21.7 Å². The molecule has 1 fully saturated rings. The molecule has 0 aliphatic heterocycles. The molecule has 0 unspecified atom stereocenters. The molecule has 1 amide bonds. The maximum atomic E-state index is 13.7. The number of carbonyl (C=O) groups excluding carboxylic acids is 2. The van der Waals surface area contributed by atoms with Gasteiger partial charge in [0.25, 0.3) is 0 Å². The van der Waals surface area contributed by atoms with Crippen molar-refractivity contribution in [1.82, 2.24) is 9.78 Å². The molecule has 6 nitrogen and oxygen atoms in total. The first kappa shape index (κ1) is 24.5. The molecule has 0 N–H and O–H groups in total. The normalized spacial score (nSPS) is 13.9. The molecular weight excluding hydrogens is 462 g/mol. The lowest BCUT2D eigenvalue weighted by atomic mass is 9.88. The zero-order valence-corrected chi connectivity index (χ0v) is 21.1. The number of benzene rings is 3. The second-order valence-electron chi connectivity index (χ2n) is 9.62. The summed E-state index contributed by atoms with van der Waals surface area (Å²) in [4.78, 5) is 27.3. The van der Waals surface area contributed by atoms with Gasteiger partial charge in [-0.1, -0.05) is 62.2 Å². The van der Waals surface area contributed by atoms with E-state index in [2.05, 4.69) is 54.1 Å². The average molecular weight is 494 g/mol. The van der Waals surface area contributed by atoms with Crippen molar-refractivity contribution in [3.63, 3.8) is 0 Å². The molecule has 1 aromatic heterocycles. The molecule has 0 atom stereocenters. The number of ether oxygens (including phenoxy) is 1. The van der Waals surface area contributed by atoms with E-state index in [-0.39, 0.29) is 11.8 Å². The average Bonchev–Trinajstić information content (AvgIpc) is 3.32. The van der Waals surface area contributed by atoms with Crippen molar-refractivity contribution < 1.29 is 14.3 Å². The molecule has 1 aliphatic carbocycles. The molecule has 0 radical (unpaired) electrons. The van der Waals surface area contributed by atoms with Gasteiger partial charge in [-0.25, -0.2) is 4.79 Å². The highest BCUT2D eigenvalue weighted by atomic mass is 16.5. The summed E-state index contributed by atoms with van der Waals surface area (Å²) in [5.41, 5.74) is 5.08. The minimum Gasteiger partial charge on any atom is -0.423 e. The summed E-state index contributed by atoms with van der Waals surface area (Å²) in [5, 5.41) is 5.44. The van der Waals surface area contributed by atoms with Crippen LogP contribution in [0, 0.1) is 5.92 Å². The van der Waals surface area contributed by atoms with Gasteiger partial charge in [-0.15, -0.1) is 0 Å². The number of aromatic nitrogens is 2. The van der Waals surface area contributed by atoms with Crippen LogP contribution in [0.3, 0.4) is 0 Å². The second-order valence-corrected chi connectivity index (χ2v) is 9.62. The number of esters is 1. The minimum atomic E-state index is -0.526. The highest BCUT2D eigenvalue weighted by Crippen LogP contribution is 2.31. The van der Waals surface area contributed by atoms with Crippen LogP contribution in [-0.2, 0) is 23.2 Å². The number of nitrogens with zero attached hydrogens (tertiary/aromatic N) is 3. The Morgan fingerprint density at radius 3 is 2.54 bits per heavy atom. The van der Waals surface area contributed by atoms with Gasteiger partial charge >= 0.3 is 5.97 Å². The van der Waals surface area contributed by atoms with E-state index in [9.17, 15) is 9.59 Å². The van der Waals surface area contributed by atoms with Gasteiger partial charge in [0.15, 0.2) is 0 Å². The lowest BCUT2D eigenvalue weighted by molar-refractivity contribution is -0.129. The van der Waals surface area contributed by atoms with E-state index in [1.807, 2.05) is 28.9 Å². The second kappa shape index (κ2) is 10.8. The zero-order valence-electron chi connectivity index (χ0n) is 21.1. The Hall–Kier alpha value is -4.19. The molecule has 5 rings (SSSR count). The first-order valence-electron chi connectivity index (χ1n) is 12.8. The van der Waals surface area contributed by atoms with Crippen LogP contribution in [0.4, 0.5) is 5.69 Å². The number of anilines is 1. The van der Waals surface area contributed by atoms with Crippen LogP contribution >= 0.6 is 0 Å². The van der Waals surface area contributed by atoms with Crippen LogP contribution in [0.25, 0.3) is 22.0 Å². The molecule has 188 valence electrons. The summed E-state index contributed by atoms with van der Waals surface area (Å²) < 4.78 is 7.19. The maximum Gasteiger partial charge on any atom is 0.335 e. The summed E-state index contributed by atoms with van der Waals surface area (Å²) in [6.45, 7) is 3.90. The van der Waals surface area contributed by atoms with Gasteiger partial charge in [-0.05, 0) is 53.8 Å². The number of hydrogen-bond donors (Lipinski definition) is 0. The summed E-state index contributed by atoms with van der Waals surface area (Å²) in [5.74, 6) is 0.00368. The third-order valence-electron chi connectivity index (χ3n) is 7.11. The number of carbonyl (C=O) groups is 2. The Balaban J connectivity index is 1.41. The summed E-state index contributed by atoms with van der Waals surface area (Å²) in [7, 11) is 1.94. The Morgan fingerprint density at radius 2 is 1.78 bits per heavy atom. The molecule has 1 aliphatic rings. The predicted octanol–water partition coefficient (Wildman–Crippen LogP) is 6.45. The lowest BCUT2D eigenvalue weighted by Crippen LogP contribution is -2.36. The fourth-order valence-electron chi connectivity index (χ4n) is 5.07. The van der Waals surface area contributed by atoms with Gasteiger partial charge in [-0.2, -0.15) is 5.10 Å². The van der Waals surface area contributed by atoms with E-state index < -0.39 is 5.97 Å². The van der Waals surface area contributed by atoms with E-state index in [1.54, 1.807) is 18.2 Å². The Bertz CT molecular complexity index is 1430. The van der Waals surface area contributed by atoms with Crippen molar-refractivity contribution in [2.75, 3.05) is 4.90 Å². The minimum absolute atomic E-state index is 0.0126. The van der Waals surface area contributed by atoms with Crippen molar-refractivity contribution in [3.05, 3.63) is 91.1 Å². The Morgan fingerprint density at radius 1 is 1.03 bits per heavy atom. The van der Waals surface area contributed by atoms with Crippen molar-refractivity contribution in [3.8, 4) is 16.9 Å². The smallest absolute Gasteiger partial charge is 0.335 e. The fourth-order valence-corrected chi connectivity index (χ4v) is 5.07. The van der Waals surface area contributed by atoms with Gasteiger partial charge in [0.1, 0.15) is 5.75 Å². The van der Waals surface area contributed by atoms with Crippen molar-refractivity contribution in [2.45, 2.75) is 38.6 Å². The topological polar surface area (TPSA) is 64.4 Å². The molecule has 37 heavy (non-hydrogen) atoms. The molecule has 1 heterocycles. The third kappa shape index (κ3) is 5.48. The molecule has 4 aromatic rings. The summed E-state index contributed by atoms with van der Waals surface area (Å²) in [6, 6.07) is 21.8. The van der Waals surface area contributed by atoms with Crippen molar-refractivity contribution >= 4 is 28.5 Å². The zero-order chi connectivity index (χ0) is 25.8. The number of rotatable bonds is 7. The van der Waals surface area contributed by atoms with E-state index in [1.165, 1.54) is 6.42 Å². The van der Waals surface area contributed by atoms with Crippen molar-refractivity contribution in [2.24, 2.45) is 13.0 Å². The van der Waals surface area contributed by atoms with Gasteiger partial charge in [0.05, 0.1) is 18.3 Å². The van der Waals surface area contributed by atoms with Crippen LogP contribution in [0.15, 0.2) is 85.6 Å². The molecular formula is C31H31N3O3. The SMILES string of the molecule is C=CC(=O)Oc1cccc(N(Cc2ccc(-c3ccc4c(cnn4C)c3)cc2)C(=O)C2CCCCC2)c1. The highest BCUT2D eigenvalue weighted by Gasteiger charge is 2.27. The van der Waals surface area contributed by atoms with Crippen LogP contribution in [0.1, 0.15) is 37.7 Å². The predicted molar refractivity (Wildman–Crippen MR) is 146 cm³/mol. The third-order valence-corrected chi connectivity index (χ3v) is 7.11. The highest BCUT2D eigenvalue weighted by molar-refractivity contribution is 5.95. The number of aryl methyl sites for hydroxylation is 1. The molecule has 6 heteroatoms. The van der Waals surface area contributed by atoms with Gasteiger partial charge in [-0.3, -0.25) is 9.48 Å².